The van der Waals surface area contributed by atoms with Crippen molar-refractivity contribution in [3.63, 3.8) is 0 Å². The highest BCUT2D eigenvalue weighted by Gasteiger charge is 2.30. The summed E-state index contributed by atoms with van der Waals surface area (Å²) in [6.07, 6.45) is 0. The van der Waals surface area contributed by atoms with Crippen LogP contribution < -0.4 is 4.74 Å². The van der Waals surface area contributed by atoms with Gasteiger partial charge in [-0.3, -0.25) is 9.69 Å². The number of rotatable bonds is 12. The molecule has 2 heterocycles. The van der Waals surface area contributed by atoms with Gasteiger partial charge in [0.1, 0.15) is 23.1 Å². The zero-order valence-corrected chi connectivity index (χ0v) is 23.0. The summed E-state index contributed by atoms with van der Waals surface area (Å²) in [5.41, 5.74) is 0.714. The lowest BCUT2D eigenvalue weighted by atomic mass is 10.2. The van der Waals surface area contributed by atoms with E-state index in [0.717, 1.165) is 0 Å². The van der Waals surface area contributed by atoms with Gasteiger partial charge in [0, 0.05) is 32.7 Å². The number of hydrogen-bond donors (Lipinski definition) is 0. The standard InChI is InChI=1S/C28H34FN3O6S/c1-22-3-8-26(38-22)20-31(19-23-4-6-24(29)7-5-23)28(33)21-32(14-13-30-15-17-37-18-16-30)39(34,35)27-11-9-25(36-2)10-12-27/h3-12H,13-21H2,1-2H3. The number of hydrogen-bond acceptors (Lipinski definition) is 7. The van der Waals surface area contributed by atoms with Gasteiger partial charge in [0.05, 0.1) is 38.3 Å². The molecule has 2 aromatic carbocycles. The van der Waals surface area contributed by atoms with Crippen molar-refractivity contribution >= 4 is 15.9 Å². The summed E-state index contributed by atoms with van der Waals surface area (Å²) in [5.74, 6) is 1.03. The van der Waals surface area contributed by atoms with Crippen LogP contribution in [0.5, 0.6) is 5.75 Å². The van der Waals surface area contributed by atoms with E-state index in [0.29, 0.717) is 55.7 Å². The summed E-state index contributed by atoms with van der Waals surface area (Å²) in [5, 5.41) is 0. The van der Waals surface area contributed by atoms with Gasteiger partial charge < -0.3 is 18.8 Å². The number of carbonyl (C=O) groups excluding carboxylic acids is 1. The Morgan fingerprint density at radius 3 is 2.31 bits per heavy atom. The number of methoxy groups -OCH3 is 1. The summed E-state index contributed by atoms with van der Waals surface area (Å²) in [7, 11) is -2.50. The lowest BCUT2D eigenvalue weighted by Crippen LogP contribution is -2.47. The molecule has 0 spiro atoms. The molecule has 0 unspecified atom stereocenters. The molecule has 9 nitrogen and oxygen atoms in total. The molecule has 0 atom stereocenters. The molecular formula is C28H34FN3O6S. The minimum Gasteiger partial charge on any atom is -0.497 e. The molecule has 1 aromatic heterocycles. The monoisotopic (exact) mass is 559 g/mol. The van der Waals surface area contributed by atoms with Crippen LogP contribution in [0.25, 0.3) is 0 Å². The minimum atomic E-state index is -4.00. The Hall–Kier alpha value is -3.25. The first kappa shape index (κ1) is 28.8. The van der Waals surface area contributed by atoms with Crippen molar-refractivity contribution < 1.29 is 31.5 Å². The van der Waals surface area contributed by atoms with E-state index in [2.05, 4.69) is 4.90 Å². The van der Waals surface area contributed by atoms with Crippen molar-refractivity contribution in [2.45, 2.75) is 24.9 Å². The second kappa shape index (κ2) is 13.2. The quantitative estimate of drug-likeness (QED) is 0.336. The first-order valence-corrected chi connectivity index (χ1v) is 14.2. The summed E-state index contributed by atoms with van der Waals surface area (Å²) >= 11 is 0. The van der Waals surface area contributed by atoms with Crippen molar-refractivity contribution in [2.75, 3.05) is 53.0 Å². The van der Waals surface area contributed by atoms with Gasteiger partial charge in [-0.05, 0) is 61.0 Å². The molecule has 1 saturated heterocycles. The van der Waals surface area contributed by atoms with Crippen LogP contribution in [-0.2, 0) is 32.6 Å². The van der Waals surface area contributed by atoms with Gasteiger partial charge >= 0.3 is 0 Å². The highest BCUT2D eigenvalue weighted by molar-refractivity contribution is 7.89. The second-order valence-electron chi connectivity index (χ2n) is 9.36. The normalized spacial score (nSPS) is 14.5. The van der Waals surface area contributed by atoms with E-state index in [4.69, 9.17) is 13.9 Å². The van der Waals surface area contributed by atoms with Gasteiger partial charge in [0.15, 0.2) is 0 Å². The number of sulfonamides is 1. The highest BCUT2D eigenvalue weighted by Crippen LogP contribution is 2.21. The van der Waals surface area contributed by atoms with Crippen molar-refractivity contribution in [3.8, 4) is 5.75 Å². The Morgan fingerprint density at radius 1 is 1.00 bits per heavy atom. The third-order valence-electron chi connectivity index (χ3n) is 6.56. The first-order valence-electron chi connectivity index (χ1n) is 12.8. The number of carbonyl (C=O) groups is 1. The Labute approximate surface area is 228 Å². The topological polar surface area (TPSA) is 92.5 Å². The average Bonchev–Trinajstić information content (AvgIpc) is 3.36. The average molecular weight is 560 g/mol. The van der Waals surface area contributed by atoms with Gasteiger partial charge in [-0.25, -0.2) is 12.8 Å². The Kier molecular flexibility index (Phi) is 9.73. The lowest BCUT2D eigenvalue weighted by molar-refractivity contribution is -0.133. The number of morpholine rings is 1. The van der Waals surface area contributed by atoms with Gasteiger partial charge in [0.25, 0.3) is 0 Å². The molecule has 0 saturated carbocycles. The molecule has 0 bridgehead atoms. The zero-order valence-electron chi connectivity index (χ0n) is 22.2. The van der Waals surface area contributed by atoms with E-state index in [1.54, 1.807) is 36.4 Å². The molecule has 1 amide bonds. The molecule has 3 aromatic rings. The van der Waals surface area contributed by atoms with E-state index >= 15 is 0 Å². The predicted octanol–water partition coefficient (Wildman–Crippen LogP) is 3.29. The molecule has 1 fully saturated rings. The third-order valence-corrected chi connectivity index (χ3v) is 8.42. The summed E-state index contributed by atoms with van der Waals surface area (Å²) < 4.78 is 58.4. The van der Waals surface area contributed by atoms with Gasteiger partial charge in [0.2, 0.25) is 15.9 Å². The van der Waals surface area contributed by atoms with E-state index in [1.807, 2.05) is 6.92 Å². The SMILES string of the molecule is COc1ccc(S(=O)(=O)N(CCN2CCOCC2)CC(=O)N(Cc2ccc(F)cc2)Cc2ccc(C)o2)cc1. The number of furan rings is 1. The number of ether oxygens (including phenoxy) is 2. The van der Waals surface area contributed by atoms with E-state index < -0.39 is 15.9 Å². The smallest absolute Gasteiger partial charge is 0.243 e. The number of amides is 1. The van der Waals surface area contributed by atoms with Crippen LogP contribution in [0.4, 0.5) is 4.39 Å². The van der Waals surface area contributed by atoms with Gasteiger partial charge in [-0.15, -0.1) is 0 Å². The molecule has 4 rings (SSSR count). The largest absolute Gasteiger partial charge is 0.497 e. The Bertz CT molecular complexity index is 1320. The van der Waals surface area contributed by atoms with E-state index in [-0.39, 0.29) is 36.9 Å². The molecular weight excluding hydrogens is 525 g/mol. The zero-order chi connectivity index (χ0) is 27.8. The molecule has 0 aliphatic carbocycles. The number of nitrogens with zero attached hydrogens (tertiary/aromatic N) is 3. The molecule has 1 aliphatic heterocycles. The van der Waals surface area contributed by atoms with E-state index in [1.165, 1.54) is 40.6 Å². The Morgan fingerprint density at radius 2 is 1.69 bits per heavy atom. The highest BCUT2D eigenvalue weighted by atomic mass is 32.2. The molecule has 11 heteroatoms. The van der Waals surface area contributed by atoms with Crippen LogP contribution in [0.15, 0.2) is 70.0 Å². The van der Waals surface area contributed by atoms with Crippen LogP contribution >= 0.6 is 0 Å². The maximum Gasteiger partial charge on any atom is 0.243 e. The van der Waals surface area contributed by atoms with Gasteiger partial charge in [-0.2, -0.15) is 4.31 Å². The fourth-order valence-electron chi connectivity index (χ4n) is 4.31. The third kappa shape index (κ3) is 7.89. The van der Waals surface area contributed by atoms with Gasteiger partial charge in [-0.1, -0.05) is 12.1 Å². The van der Waals surface area contributed by atoms with Crippen molar-refractivity contribution in [2.24, 2.45) is 0 Å². The fraction of sp³-hybridized carbons (Fsp3) is 0.393. The van der Waals surface area contributed by atoms with Crippen molar-refractivity contribution in [1.82, 2.24) is 14.1 Å². The van der Waals surface area contributed by atoms with Crippen LogP contribution in [0, 0.1) is 12.7 Å². The number of halogens is 1. The first-order chi connectivity index (χ1) is 18.7. The summed E-state index contributed by atoms with van der Waals surface area (Å²) in [6.45, 7) is 4.90. The molecule has 1 aliphatic rings. The Balaban J connectivity index is 1.58. The lowest BCUT2D eigenvalue weighted by Gasteiger charge is -2.31. The van der Waals surface area contributed by atoms with E-state index in [9.17, 15) is 17.6 Å². The molecule has 39 heavy (non-hydrogen) atoms. The maximum atomic E-state index is 13.7. The molecule has 0 N–H and O–H groups in total. The molecule has 210 valence electrons. The van der Waals surface area contributed by atoms with Crippen molar-refractivity contribution in [3.05, 3.63) is 83.6 Å². The number of benzene rings is 2. The molecule has 0 radical (unpaired) electrons. The van der Waals surface area contributed by atoms with Crippen molar-refractivity contribution in [1.29, 1.82) is 0 Å². The minimum absolute atomic E-state index is 0.0739. The summed E-state index contributed by atoms with van der Waals surface area (Å²) in [6, 6.07) is 15.6. The van der Waals surface area contributed by atoms with Crippen LogP contribution in [0.1, 0.15) is 17.1 Å². The van der Waals surface area contributed by atoms with Crippen LogP contribution in [-0.4, -0.2) is 81.5 Å². The predicted molar refractivity (Wildman–Crippen MR) is 143 cm³/mol. The maximum absolute atomic E-state index is 13.7. The number of aryl methyl sites for hydroxylation is 1. The fourth-order valence-corrected chi connectivity index (χ4v) is 5.69. The summed E-state index contributed by atoms with van der Waals surface area (Å²) in [4.78, 5) is 17.4. The van der Waals surface area contributed by atoms with Crippen LogP contribution in [0.3, 0.4) is 0 Å². The second-order valence-corrected chi connectivity index (χ2v) is 11.3. The van der Waals surface area contributed by atoms with Crippen LogP contribution in [0.2, 0.25) is 0 Å².